The van der Waals surface area contributed by atoms with Gasteiger partial charge in [-0.05, 0) is 48.2 Å². The first-order valence-corrected chi connectivity index (χ1v) is 8.18. The maximum absolute atomic E-state index is 13.2. The molecule has 0 unspecified atom stereocenters. The molecule has 130 valence electrons. The van der Waals surface area contributed by atoms with Crippen molar-refractivity contribution in [3.63, 3.8) is 0 Å². The van der Waals surface area contributed by atoms with Crippen LogP contribution in [-0.4, -0.2) is 21.5 Å². The van der Waals surface area contributed by atoms with Gasteiger partial charge in [-0.25, -0.2) is 14.4 Å². The number of nitrogen functional groups attached to an aromatic ring is 2. The number of nitrogens with one attached hydrogen (secondary N) is 2. The molecular formula is C19H17FN6. The topological polar surface area (TPSA) is 117 Å². The minimum atomic E-state index is -0.313. The third-order valence-corrected chi connectivity index (χ3v) is 4.46. The van der Waals surface area contributed by atoms with Gasteiger partial charge in [0.2, 0.25) is 0 Å². The van der Waals surface area contributed by atoms with E-state index in [1.807, 2.05) is 18.2 Å². The average molecular weight is 348 g/mol. The molecule has 6 N–H and O–H groups in total. The van der Waals surface area contributed by atoms with Gasteiger partial charge < -0.3 is 16.5 Å². The van der Waals surface area contributed by atoms with Crippen LogP contribution in [0.15, 0.2) is 47.5 Å². The number of aromatic nitrogens is 2. The van der Waals surface area contributed by atoms with Gasteiger partial charge in [-0.3, -0.25) is 5.41 Å². The lowest BCUT2D eigenvalue weighted by Crippen LogP contribution is -2.13. The summed E-state index contributed by atoms with van der Waals surface area (Å²) in [5.41, 5.74) is 16.5. The van der Waals surface area contributed by atoms with Gasteiger partial charge >= 0.3 is 0 Å². The van der Waals surface area contributed by atoms with Crippen molar-refractivity contribution >= 4 is 23.3 Å². The number of hydrogen-bond acceptors (Lipinski definition) is 4. The van der Waals surface area contributed by atoms with Crippen LogP contribution in [0.4, 0.5) is 16.2 Å². The predicted molar refractivity (Wildman–Crippen MR) is 100 cm³/mol. The molecule has 0 saturated heterocycles. The Morgan fingerprint density at radius 3 is 2.65 bits per heavy atom. The van der Waals surface area contributed by atoms with Crippen molar-refractivity contribution in [2.45, 2.75) is 12.8 Å². The monoisotopic (exact) mass is 348 g/mol. The second-order valence-electron chi connectivity index (χ2n) is 6.13. The number of benzene rings is 2. The van der Waals surface area contributed by atoms with E-state index in [-0.39, 0.29) is 17.6 Å². The van der Waals surface area contributed by atoms with Gasteiger partial charge in [-0.15, -0.1) is 0 Å². The Labute approximate surface area is 149 Å². The molecule has 0 atom stereocenters. The molecule has 0 amide bonds. The lowest BCUT2D eigenvalue weighted by molar-refractivity contribution is 0.628. The number of nitrogens with two attached hydrogens (primary N) is 2. The van der Waals surface area contributed by atoms with Gasteiger partial charge in [0, 0.05) is 11.1 Å². The molecule has 26 heavy (non-hydrogen) atoms. The van der Waals surface area contributed by atoms with Crippen molar-refractivity contribution in [2.24, 2.45) is 10.7 Å². The molecule has 0 radical (unpaired) electrons. The Balaban J connectivity index is 1.79. The van der Waals surface area contributed by atoms with E-state index in [0.717, 1.165) is 40.8 Å². The minimum absolute atomic E-state index is 0.0564. The normalized spacial score (nSPS) is 14.6. The first-order chi connectivity index (χ1) is 12.5. The van der Waals surface area contributed by atoms with Crippen LogP contribution in [0.2, 0.25) is 0 Å². The van der Waals surface area contributed by atoms with Gasteiger partial charge in [0.25, 0.3) is 0 Å². The molecule has 0 spiro atoms. The number of halogens is 1. The number of imidazole rings is 1. The molecule has 0 aliphatic heterocycles. The van der Waals surface area contributed by atoms with Gasteiger partial charge in [-0.2, -0.15) is 0 Å². The summed E-state index contributed by atoms with van der Waals surface area (Å²) in [6.07, 6.45) is 1.51. The minimum Gasteiger partial charge on any atom is -0.384 e. The smallest absolute Gasteiger partial charge is 0.199 e. The van der Waals surface area contributed by atoms with Crippen molar-refractivity contribution < 1.29 is 4.39 Å². The van der Waals surface area contributed by atoms with Gasteiger partial charge in [0.15, 0.2) is 11.8 Å². The summed E-state index contributed by atoms with van der Waals surface area (Å²) in [6, 6.07) is 11.7. The number of aromatic amines is 1. The number of fused-ring (bicyclic) bond motifs is 1. The Morgan fingerprint density at radius 2 is 1.92 bits per heavy atom. The van der Waals surface area contributed by atoms with Crippen molar-refractivity contribution in [3.05, 3.63) is 65.0 Å². The summed E-state index contributed by atoms with van der Waals surface area (Å²) >= 11 is 0. The molecule has 1 heterocycles. The summed E-state index contributed by atoms with van der Waals surface area (Å²) < 4.78 is 13.2. The highest BCUT2D eigenvalue weighted by Gasteiger charge is 2.22. The van der Waals surface area contributed by atoms with E-state index in [1.165, 1.54) is 12.1 Å². The molecule has 0 saturated carbocycles. The third-order valence-electron chi connectivity index (χ3n) is 4.46. The van der Waals surface area contributed by atoms with Crippen LogP contribution in [0.5, 0.6) is 0 Å². The fourth-order valence-electron chi connectivity index (χ4n) is 3.28. The Bertz CT molecular complexity index is 1030. The Hall–Kier alpha value is -3.48. The maximum atomic E-state index is 13.2. The second-order valence-corrected chi connectivity index (χ2v) is 6.13. The van der Waals surface area contributed by atoms with E-state index in [4.69, 9.17) is 21.9 Å². The van der Waals surface area contributed by atoms with Gasteiger partial charge in [0.1, 0.15) is 17.3 Å². The van der Waals surface area contributed by atoms with Crippen molar-refractivity contribution in [2.75, 3.05) is 5.73 Å². The first-order valence-electron chi connectivity index (χ1n) is 8.18. The van der Waals surface area contributed by atoms with Crippen molar-refractivity contribution in [1.29, 1.82) is 5.41 Å². The fourth-order valence-corrected chi connectivity index (χ4v) is 3.28. The summed E-state index contributed by atoms with van der Waals surface area (Å²) in [4.78, 5) is 12.0. The van der Waals surface area contributed by atoms with Crippen LogP contribution < -0.4 is 11.5 Å². The Kier molecular flexibility index (Phi) is 3.76. The molecule has 7 heteroatoms. The molecule has 2 aromatic carbocycles. The fraction of sp³-hybridized carbons (Fsp3) is 0.105. The van der Waals surface area contributed by atoms with Gasteiger partial charge in [0.05, 0.1) is 5.71 Å². The van der Waals surface area contributed by atoms with Crippen LogP contribution in [-0.2, 0) is 6.42 Å². The largest absolute Gasteiger partial charge is 0.384 e. The van der Waals surface area contributed by atoms with E-state index in [9.17, 15) is 4.39 Å². The standard InChI is InChI=1S/C19H17FN6/c20-11-6-4-10(5-7-11)16-18(26-19(23)25-16)24-15-9-8-12-13(15)2-1-3-14(12)17(21)22/h1-7H,8-9H2,(H3,21,22)(H3,23,25,26). The molecule has 6 nitrogen and oxygen atoms in total. The summed E-state index contributed by atoms with van der Waals surface area (Å²) in [6.45, 7) is 0. The summed E-state index contributed by atoms with van der Waals surface area (Å²) in [5.74, 6) is 0.525. The average Bonchev–Trinajstić information content (AvgIpc) is 3.19. The van der Waals surface area contributed by atoms with Gasteiger partial charge in [-0.1, -0.05) is 18.2 Å². The van der Waals surface area contributed by atoms with Crippen LogP contribution in [0.3, 0.4) is 0 Å². The molecule has 3 aromatic rings. The number of rotatable bonds is 3. The molecule has 0 bridgehead atoms. The number of amidine groups is 1. The number of aliphatic imine (C=N–C) groups is 1. The van der Waals surface area contributed by atoms with E-state index in [2.05, 4.69) is 9.97 Å². The highest BCUT2D eigenvalue weighted by molar-refractivity contribution is 6.09. The first kappa shape index (κ1) is 16.0. The van der Waals surface area contributed by atoms with Crippen molar-refractivity contribution in [3.8, 4) is 11.3 Å². The summed E-state index contributed by atoms with van der Waals surface area (Å²) in [5, 5.41) is 7.73. The lowest BCUT2D eigenvalue weighted by atomic mass is 10.0. The summed E-state index contributed by atoms with van der Waals surface area (Å²) in [7, 11) is 0. The number of hydrogen-bond donors (Lipinski definition) is 4. The highest BCUT2D eigenvalue weighted by atomic mass is 19.1. The number of nitrogens with zero attached hydrogens (tertiary/aromatic N) is 2. The zero-order chi connectivity index (χ0) is 18.3. The van der Waals surface area contributed by atoms with Crippen molar-refractivity contribution in [1.82, 2.24) is 9.97 Å². The molecule has 1 aromatic heterocycles. The second kappa shape index (κ2) is 6.11. The quantitative estimate of drug-likeness (QED) is 0.430. The van der Waals surface area contributed by atoms with Crippen LogP contribution in [0.25, 0.3) is 11.3 Å². The van der Waals surface area contributed by atoms with Crippen LogP contribution >= 0.6 is 0 Å². The van der Waals surface area contributed by atoms with E-state index >= 15 is 0 Å². The molecule has 4 rings (SSSR count). The lowest BCUT2D eigenvalue weighted by Gasteiger charge is -2.06. The zero-order valence-electron chi connectivity index (χ0n) is 13.9. The predicted octanol–water partition coefficient (Wildman–Crippen LogP) is 3.15. The molecule has 1 aliphatic rings. The SMILES string of the molecule is N=C(N)c1cccc2c1CCC2=Nc1[nH]c(N)nc1-c1ccc(F)cc1. The maximum Gasteiger partial charge on any atom is 0.199 e. The highest BCUT2D eigenvalue weighted by Crippen LogP contribution is 2.32. The molecular weight excluding hydrogens is 331 g/mol. The number of H-pyrrole nitrogens is 1. The Morgan fingerprint density at radius 1 is 1.15 bits per heavy atom. The molecule has 1 aliphatic carbocycles. The van der Waals surface area contributed by atoms with E-state index in [0.29, 0.717) is 11.5 Å². The zero-order valence-corrected chi connectivity index (χ0v) is 13.9. The van der Waals surface area contributed by atoms with Crippen LogP contribution in [0.1, 0.15) is 23.1 Å². The molecule has 0 fully saturated rings. The van der Waals surface area contributed by atoms with E-state index in [1.54, 1.807) is 12.1 Å². The van der Waals surface area contributed by atoms with Crippen LogP contribution in [0, 0.1) is 11.2 Å². The number of anilines is 1. The van der Waals surface area contributed by atoms with E-state index < -0.39 is 0 Å². The third kappa shape index (κ3) is 2.73.